The van der Waals surface area contributed by atoms with Gasteiger partial charge in [0.25, 0.3) is 0 Å². The van der Waals surface area contributed by atoms with Crippen LogP contribution in [0.5, 0.6) is 0 Å². The smallest absolute Gasteiger partial charge is 0.163 e. The molecule has 0 amide bonds. The zero-order valence-electron chi connectivity index (χ0n) is 10.1. The number of nitrogens with one attached hydrogen (secondary N) is 1. The molecule has 2 aromatic rings. The lowest BCUT2D eigenvalue weighted by molar-refractivity contribution is 0.624. The molecule has 1 heterocycles. The molecule has 1 N–H and O–H groups in total. The number of nitriles is 3. The Hall–Kier alpha value is -3.43. The molecule has 0 atom stereocenters. The minimum absolute atomic E-state index is 0.142. The lowest BCUT2D eigenvalue weighted by Crippen LogP contribution is -2.00. The molecule has 5 nitrogen and oxygen atoms in total. The molecule has 0 bridgehead atoms. The predicted molar refractivity (Wildman–Crippen MR) is 69.2 cm³/mol. The molecule has 1 aromatic carbocycles. The van der Waals surface area contributed by atoms with Crippen LogP contribution >= 0.6 is 0 Å². The summed E-state index contributed by atoms with van der Waals surface area (Å²) in [6.07, 6.45) is 1.09. The number of aromatic nitrogens is 1. The summed E-state index contributed by atoms with van der Waals surface area (Å²) in [5, 5.41) is 29.7. The molecule has 0 radical (unpaired) electrons. The third kappa shape index (κ3) is 2.53. The van der Waals surface area contributed by atoms with E-state index >= 15 is 0 Å². The van der Waals surface area contributed by atoms with E-state index in [0.717, 1.165) is 6.20 Å². The summed E-state index contributed by atoms with van der Waals surface area (Å²) in [6.45, 7) is 0. The van der Waals surface area contributed by atoms with Gasteiger partial charge in [-0.3, -0.25) is 4.98 Å². The summed E-state index contributed by atoms with van der Waals surface area (Å²) in [5.41, 5.74) is 0.566. The van der Waals surface area contributed by atoms with Crippen molar-refractivity contribution in [1.82, 2.24) is 4.98 Å². The number of pyridine rings is 1. The maximum Gasteiger partial charge on any atom is 0.163 e. The Morgan fingerprint density at radius 2 is 1.85 bits per heavy atom. The maximum atomic E-state index is 13.0. The van der Waals surface area contributed by atoms with Crippen molar-refractivity contribution >= 4 is 16.6 Å². The fourth-order valence-corrected chi connectivity index (χ4v) is 1.60. The van der Waals surface area contributed by atoms with E-state index in [1.807, 2.05) is 0 Å². The first-order valence-electron chi connectivity index (χ1n) is 5.45. The number of fused-ring (bicyclic) bond motifs is 1. The van der Waals surface area contributed by atoms with Crippen molar-refractivity contribution in [2.24, 2.45) is 0 Å². The summed E-state index contributed by atoms with van der Waals surface area (Å²) in [6, 6.07) is 11.2. The second kappa shape index (κ2) is 5.48. The average molecular weight is 263 g/mol. The van der Waals surface area contributed by atoms with Gasteiger partial charge in [-0.2, -0.15) is 15.8 Å². The van der Waals surface area contributed by atoms with Crippen LogP contribution in [0.4, 0.5) is 10.1 Å². The van der Waals surface area contributed by atoms with Crippen LogP contribution < -0.4 is 5.32 Å². The third-order valence-corrected chi connectivity index (χ3v) is 2.51. The van der Waals surface area contributed by atoms with Crippen LogP contribution in [-0.4, -0.2) is 4.98 Å². The van der Waals surface area contributed by atoms with Crippen molar-refractivity contribution in [2.45, 2.75) is 0 Å². The Balaban J connectivity index is 2.43. The highest BCUT2D eigenvalue weighted by Gasteiger charge is 2.07. The van der Waals surface area contributed by atoms with Crippen molar-refractivity contribution in [3.05, 3.63) is 47.5 Å². The van der Waals surface area contributed by atoms with E-state index in [1.54, 1.807) is 36.4 Å². The van der Waals surface area contributed by atoms with Crippen LogP contribution in [-0.2, 0) is 0 Å². The standard InChI is InChI=1S/C14H6FN5/c15-11-3-9-1-2-12(4-13(9)19-8-11)20-14(7-18)10(5-16)6-17/h1-4,8,20H. The Morgan fingerprint density at radius 3 is 2.50 bits per heavy atom. The lowest BCUT2D eigenvalue weighted by atomic mass is 10.2. The molecule has 1 aromatic heterocycles. The highest BCUT2D eigenvalue weighted by Crippen LogP contribution is 2.19. The number of allylic oxidation sites excluding steroid dienone is 2. The topological polar surface area (TPSA) is 96.3 Å². The number of hydrogen-bond acceptors (Lipinski definition) is 5. The van der Waals surface area contributed by atoms with Gasteiger partial charge in [0.15, 0.2) is 5.57 Å². The fourth-order valence-electron chi connectivity index (χ4n) is 1.60. The number of anilines is 1. The van der Waals surface area contributed by atoms with Gasteiger partial charge < -0.3 is 5.32 Å². The van der Waals surface area contributed by atoms with Crippen LogP contribution in [0.2, 0.25) is 0 Å². The maximum absolute atomic E-state index is 13.0. The first-order valence-corrected chi connectivity index (χ1v) is 5.45. The molecule has 0 fully saturated rings. The Bertz CT molecular complexity index is 817. The second-order valence-corrected chi connectivity index (χ2v) is 3.77. The highest BCUT2D eigenvalue weighted by molar-refractivity contribution is 5.82. The summed E-state index contributed by atoms with van der Waals surface area (Å²) in [5.74, 6) is -0.438. The Labute approximate surface area is 113 Å². The van der Waals surface area contributed by atoms with E-state index in [1.165, 1.54) is 6.07 Å². The van der Waals surface area contributed by atoms with E-state index in [-0.39, 0.29) is 11.3 Å². The number of rotatable bonds is 2. The van der Waals surface area contributed by atoms with Crippen molar-refractivity contribution in [1.29, 1.82) is 15.8 Å². The SMILES string of the molecule is N#CC(C#N)=C(C#N)Nc1ccc2cc(F)cnc2c1. The predicted octanol–water partition coefficient (Wildman–Crippen LogP) is 2.61. The van der Waals surface area contributed by atoms with Gasteiger partial charge in [-0.25, -0.2) is 4.39 Å². The van der Waals surface area contributed by atoms with E-state index in [4.69, 9.17) is 15.8 Å². The van der Waals surface area contributed by atoms with Gasteiger partial charge in [-0.05, 0) is 18.2 Å². The molecule has 0 unspecified atom stereocenters. The number of benzene rings is 1. The largest absolute Gasteiger partial charge is 0.345 e. The number of hydrogen-bond donors (Lipinski definition) is 1. The highest BCUT2D eigenvalue weighted by atomic mass is 19.1. The number of halogens is 1. The summed E-state index contributed by atoms with van der Waals surface area (Å²) in [4.78, 5) is 3.92. The molecule has 6 heteroatoms. The molecule has 2 rings (SSSR count). The molecule has 94 valence electrons. The molecule has 0 aliphatic heterocycles. The van der Waals surface area contributed by atoms with Crippen molar-refractivity contribution in [3.8, 4) is 18.2 Å². The summed E-state index contributed by atoms with van der Waals surface area (Å²) >= 11 is 0. The van der Waals surface area contributed by atoms with Crippen LogP contribution in [0.1, 0.15) is 0 Å². The summed E-state index contributed by atoms with van der Waals surface area (Å²) in [7, 11) is 0. The van der Waals surface area contributed by atoms with Crippen molar-refractivity contribution in [3.63, 3.8) is 0 Å². The first kappa shape index (κ1) is 13.0. The van der Waals surface area contributed by atoms with Gasteiger partial charge in [0.2, 0.25) is 0 Å². The second-order valence-electron chi connectivity index (χ2n) is 3.77. The zero-order chi connectivity index (χ0) is 14.5. The molecular weight excluding hydrogens is 257 g/mol. The van der Waals surface area contributed by atoms with Crippen LogP contribution in [0, 0.1) is 39.8 Å². The van der Waals surface area contributed by atoms with Gasteiger partial charge in [-0.15, -0.1) is 0 Å². The molecule has 0 spiro atoms. The minimum atomic E-state index is -0.438. The molecule has 0 saturated carbocycles. The van der Waals surface area contributed by atoms with Gasteiger partial charge in [0.05, 0.1) is 11.7 Å². The Morgan fingerprint density at radius 1 is 1.10 bits per heavy atom. The normalized spacial score (nSPS) is 9.10. The van der Waals surface area contributed by atoms with Crippen LogP contribution in [0.3, 0.4) is 0 Å². The van der Waals surface area contributed by atoms with Gasteiger partial charge in [0.1, 0.15) is 29.7 Å². The minimum Gasteiger partial charge on any atom is -0.345 e. The van der Waals surface area contributed by atoms with E-state index < -0.39 is 5.82 Å². The van der Waals surface area contributed by atoms with Gasteiger partial charge in [-0.1, -0.05) is 6.07 Å². The quantitative estimate of drug-likeness (QED) is 0.840. The average Bonchev–Trinajstić information content (AvgIpc) is 2.47. The monoisotopic (exact) mass is 263 g/mol. The summed E-state index contributed by atoms with van der Waals surface area (Å²) < 4.78 is 13.0. The van der Waals surface area contributed by atoms with Gasteiger partial charge in [0, 0.05) is 11.1 Å². The molecule has 0 aliphatic rings. The van der Waals surface area contributed by atoms with Gasteiger partial charge >= 0.3 is 0 Å². The third-order valence-electron chi connectivity index (χ3n) is 2.51. The van der Waals surface area contributed by atoms with Crippen LogP contribution in [0.25, 0.3) is 10.9 Å². The van der Waals surface area contributed by atoms with Crippen LogP contribution in [0.15, 0.2) is 41.7 Å². The van der Waals surface area contributed by atoms with E-state index in [2.05, 4.69) is 10.3 Å². The molecule has 0 aliphatic carbocycles. The first-order chi connectivity index (χ1) is 9.67. The molecule has 0 saturated heterocycles. The van der Waals surface area contributed by atoms with E-state index in [0.29, 0.717) is 16.6 Å². The molecule has 20 heavy (non-hydrogen) atoms. The molecular formula is C14H6FN5. The zero-order valence-corrected chi connectivity index (χ0v) is 10.1. The number of nitrogens with zero attached hydrogens (tertiary/aromatic N) is 4. The fraction of sp³-hybridized carbons (Fsp3) is 0. The van der Waals surface area contributed by atoms with E-state index in [9.17, 15) is 4.39 Å². The Kier molecular flexibility index (Phi) is 3.56. The lowest BCUT2D eigenvalue weighted by Gasteiger charge is -2.05. The van der Waals surface area contributed by atoms with Crippen molar-refractivity contribution in [2.75, 3.05) is 5.32 Å². The van der Waals surface area contributed by atoms with Crippen molar-refractivity contribution < 1.29 is 4.39 Å².